The van der Waals surface area contributed by atoms with Gasteiger partial charge in [0.1, 0.15) is 0 Å². The molecule has 0 atom stereocenters. The summed E-state index contributed by atoms with van der Waals surface area (Å²) in [5.41, 5.74) is 9.55. The molecule has 0 radical (unpaired) electrons. The average Bonchev–Trinajstić information content (AvgIpc) is 3.19. The maximum Gasteiger partial charge on any atom is 0.265 e. The van der Waals surface area contributed by atoms with Crippen molar-refractivity contribution in [2.24, 2.45) is 11.6 Å². The second-order valence-corrected chi connectivity index (χ2v) is 8.72. The van der Waals surface area contributed by atoms with Crippen molar-refractivity contribution >= 4 is 28.7 Å². The first kappa shape index (κ1) is 26.1. The Morgan fingerprint density at radius 1 is 1.16 bits per heavy atom. The molecule has 2 aromatic carbocycles. The molecule has 0 spiro atoms. The van der Waals surface area contributed by atoms with Gasteiger partial charge >= 0.3 is 0 Å². The van der Waals surface area contributed by atoms with Gasteiger partial charge in [0, 0.05) is 66.4 Å². The van der Waals surface area contributed by atoms with E-state index in [1.807, 2.05) is 17.9 Å². The number of carbonyl (C=O) groups is 1. The fourth-order valence-corrected chi connectivity index (χ4v) is 4.14. The van der Waals surface area contributed by atoms with Crippen molar-refractivity contribution in [2.75, 3.05) is 41.5 Å². The van der Waals surface area contributed by atoms with Crippen LogP contribution in [0.25, 0.3) is 5.70 Å². The minimum Gasteiger partial charge on any atom is -0.397 e. The Labute approximate surface area is 214 Å². The molecule has 1 saturated heterocycles. The Hall–Kier alpha value is -4.02. The van der Waals surface area contributed by atoms with Gasteiger partial charge in [0.05, 0.1) is 18.0 Å². The number of nitrogens with one attached hydrogen (secondary N) is 1. The number of halogens is 2. The molecule has 1 fully saturated rings. The highest BCUT2D eigenvalue weighted by atomic mass is 19.3. The van der Waals surface area contributed by atoms with Gasteiger partial charge in [-0.25, -0.2) is 14.6 Å². The predicted molar refractivity (Wildman–Crippen MR) is 141 cm³/mol. The van der Waals surface area contributed by atoms with Crippen molar-refractivity contribution in [2.45, 2.75) is 19.8 Å². The summed E-state index contributed by atoms with van der Waals surface area (Å²) in [4.78, 5) is 19.0. The second-order valence-electron chi connectivity index (χ2n) is 8.72. The monoisotopic (exact) mass is 508 g/mol. The molecule has 8 nitrogen and oxygen atoms in total. The molecule has 194 valence electrons. The van der Waals surface area contributed by atoms with Crippen molar-refractivity contribution in [3.05, 3.63) is 89.4 Å². The minimum absolute atomic E-state index is 0.131. The van der Waals surface area contributed by atoms with Crippen LogP contribution in [0.3, 0.4) is 0 Å². The van der Waals surface area contributed by atoms with Crippen LogP contribution in [0.15, 0.2) is 67.1 Å². The molecular weight excluding hydrogens is 478 g/mol. The number of hydrogen-bond acceptors (Lipinski definition) is 7. The molecule has 0 saturated carbocycles. The van der Waals surface area contributed by atoms with Gasteiger partial charge in [-0.15, -0.1) is 0 Å². The Morgan fingerprint density at radius 3 is 2.76 bits per heavy atom. The first-order valence-electron chi connectivity index (χ1n) is 11.9. The zero-order valence-corrected chi connectivity index (χ0v) is 20.5. The van der Waals surface area contributed by atoms with Crippen LogP contribution in [-0.4, -0.2) is 37.2 Å². The summed E-state index contributed by atoms with van der Waals surface area (Å²) in [7, 11) is 0. The van der Waals surface area contributed by atoms with Crippen molar-refractivity contribution in [3.8, 4) is 0 Å². The molecule has 3 aromatic rings. The Morgan fingerprint density at radius 2 is 2.00 bits per heavy atom. The first-order chi connectivity index (χ1) is 17.8. The van der Waals surface area contributed by atoms with Gasteiger partial charge in [0.25, 0.3) is 12.3 Å². The van der Waals surface area contributed by atoms with E-state index >= 15 is 0 Å². The van der Waals surface area contributed by atoms with Crippen LogP contribution in [0.2, 0.25) is 0 Å². The van der Waals surface area contributed by atoms with E-state index in [-0.39, 0.29) is 11.3 Å². The van der Waals surface area contributed by atoms with Gasteiger partial charge in [-0.2, -0.15) is 0 Å². The highest BCUT2D eigenvalue weighted by Crippen LogP contribution is 2.33. The van der Waals surface area contributed by atoms with Crippen molar-refractivity contribution in [3.63, 3.8) is 0 Å². The molecule has 0 unspecified atom stereocenters. The van der Waals surface area contributed by atoms with Crippen LogP contribution < -0.4 is 26.8 Å². The van der Waals surface area contributed by atoms with E-state index in [4.69, 9.17) is 16.3 Å². The van der Waals surface area contributed by atoms with Crippen molar-refractivity contribution < 1.29 is 18.3 Å². The molecule has 37 heavy (non-hydrogen) atoms. The highest BCUT2D eigenvalue weighted by molar-refractivity contribution is 6.05. The molecule has 1 aliphatic rings. The lowest BCUT2D eigenvalue weighted by Crippen LogP contribution is -2.27. The topological polar surface area (TPSA) is 110 Å². The van der Waals surface area contributed by atoms with E-state index in [0.29, 0.717) is 54.5 Å². The molecular formula is C27H30F2N6O2. The van der Waals surface area contributed by atoms with E-state index < -0.39 is 12.3 Å². The summed E-state index contributed by atoms with van der Waals surface area (Å²) < 4.78 is 33.3. The number of aryl methyl sites for hydroxylation is 1. The van der Waals surface area contributed by atoms with Crippen LogP contribution in [-0.2, 0) is 4.74 Å². The highest BCUT2D eigenvalue weighted by Gasteiger charge is 2.20. The number of pyridine rings is 1. The molecule has 4 rings (SSSR count). The minimum atomic E-state index is -2.69. The van der Waals surface area contributed by atoms with E-state index in [1.165, 1.54) is 11.1 Å². The molecule has 10 heteroatoms. The third-order valence-corrected chi connectivity index (χ3v) is 6.11. The molecule has 1 aliphatic heterocycles. The lowest BCUT2D eigenvalue weighted by atomic mass is 10.1. The van der Waals surface area contributed by atoms with Crippen LogP contribution >= 0.6 is 0 Å². The summed E-state index contributed by atoms with van der Waals surface area (Å²) in [6.45, 7) is 4.11. The van der Waals surface area contributed by atoms with Gasteiger partial charge in [-0.05, 0) is 61.4 Å². The average molecular weight is 509 g/mol. The number of nitrogens with two attached hydrogens (primary N) is 2. The Balaban J connectivity index is 1.54. The third-order valence-electron chi connectivity index (χ3n) is 6.11. The number of ether oxygens (including phenoxy) is 1. The number of hydrogen-bond donors (Lipinski definition) is 3. The molecule has 1 aromatic heterocycles. The van der Waals surface area contributed by atoms with Gasteiger partial charge in [-0.1, -0.05) is 6.07 Å². The SMILES string of the molecule is Cc1ccc(C(=O)Nc2ccc(N3CCCOCC3)c(C(F)F)c2)cc1N(N)/C=C(\N)c1cccnc1. The van der Waals surface area contributed by atoms with Crippen molar-refractivity contribution in [1.82, 2.24) is 4.98 Å². The van der Waals surface area contributed by atoms with E-state index in [2.05, 4.69) is 10.3 Å². The van der Waals surface area contributed by atoms with Crippen LogP contribution in [0.1, 0.15) is 39.9 Å². The zero-order chi connectivity index (χ0) is 26.4. The number of benzene rings is 2. The maximum atomic E-state index is 13.9. The number of carbonyl (C=O) groups excluding carboxylic acids is 1. The van der Waals surface area contributed by atoms with E-state index in [0.717, 1.165) is 12.0 Å². The van der Waals surface area contributed by atoms with Gasteiger partial charge in [-0.3, -0.25) is 14.8 Å². The number of amides is 1. The number of nitrogens with zero attached hydrogens (tertiary/aromatic N) is 3. The van der Waals surface area contributed by atoms with E-state index in [9.17, 15) is 13.6 Å². The van der Waals surface area contributed by atoms with Crippen LogP contribution in [0.5, 0.6) is 0 Å². The molecule has 0 aliphatic carbocycles. The number of alkyl halides is 2. The second kappa shape index (κ2) is 11.8. The number of anilines is 3. The molecule has 1 amide bonds. The Bertz CT molecular complexity index is 1260. The summed E-state index contributed by atoms with van der Waals surface area (Å²) in [6.07, 6.45) is 2.88. The maximum absolute atomic E-state index is 13.9. The van der Waals surface area contributed by atoms with Crippen LogP contribution in [0.4, 0.5) is 25.8 Å². The number of hydrazine groups is 1. The summed E-state index contributed by atoms with van der Waals surface area (Å²) >= 11 is 0. The third kappa shape index (κ3) is 6.41. The standard InChI is InChI=1S/C27H30F2N6O2/c1-18-5-6-19(14-25(18)35(31)17-23(30)20-4-2-9-32-16-20)27(36)33-21-7-8-24(22(15-21)26(28)29)34-10-3-12-37-13-11-34/h2,4-9,14-17,26H,3,10-13,30-31H2,1H3,(H,33,36)/b23-17-. The van der Waals surface area contributed by atoms with E-state index in [1.54, 1.807) is 55.0 Å². The Kier molecular flexibility index (Phi) is 8.32. The predicted octanol–water partition coefficient (Wildman–Crippen LogP) is 4.44. The molecule has 5 N–H and O–H groups in total. The van der Waals surface area contributed by atoms with Gasteiger partial charge in [0.2, 0.25) is 0 Å². The number of aromatic nitrogens is 1. The van der Waals surface area contributed by atoms with Crippen molar-refractivity contribution in [1.29, 1.82) is 0 Å². The summed E-state index contributed by atoms with van der Waals surface area (Å²) in [5.74, 6) is 5.79. The first-order valence-corrected chi connectivity index (χ1v) is 11.9. The smallest absolute Gasteiger partial charge is 0.265 e. The lowest BCUT2D eigenvalue weighted by molar-refractivity contribution is 0.102. The quantitative estimate of drug-likeness (QED) is 0.320. The largest absolute Gasteiger partial charge is 0.397 e. The normalized spacial score (nSPS) is 14.4. The summed E-state index contributed by atoms with van der Waals surface area (Å²) in [5, 5.41) is 4.06. The number of rotatable bonds is 7. The van der Waals surface area contributed by atoms with Crippen LogP contribution in [0, 0.1) is 6.92 Å². The fraction of sp³-hybridized carbons (Fsp3) is 0.259. The zero-order valence-electron chi connectivity index (χ0n) is 20.5. The van der Waals surface area contributed by atoms with Gasteiger partial charge in [0.15, 0.2) is 0 Å². The molecule has 0 bridgehead atoms. The lowest BCUT2D eigenvalue weighted by Gasteiger charge is -2.25. The summed E-state index contributed by atoms with van der Waals surface area (Å²) in [6, 6.07) is 13.2. The van der Waals surface area contributed by atoms with Gasteiger partial charge < -0.3 is 20.7 Å². The molecule has 2 heterocycles. The fourth-order valence-electron chi connectivity index (χ4n) is 4.14.